The van der Waals surface area contributed by atoms with Crippen molar-refractivity contribution in [3.63, 3.8) is 0 Å². The largest absolute Gasteiger partial charge is 0.291 e. The van der Waals surface area contributed by atoms with Gasteiger partial charge in [0.15, 0.2) is 0 Å². The Morgan fingerprint density at radius 2 is 2.27 bits per heavy atom. The number of anilines is 1. The molecule has 0 heterocycles. The quantitative estimate of drug-likeness (QED) is 0.633. The summed E-state index contributed by atoms with van der Waals surface area (Å²) in [7, 11) is 0. The van der Waals surface area contributed by atoms with E-state index in [1.54, 1.807) is 6.08 Å². The van der Waals surface area contributed by atoms with Crippen molar-refractivity contribution in [2.45, 2.75) is 6.92 Å². The van der Waals surface area contributed by atoms with Gasteiger partial charge in [0.2, 0.25) is 0 Å². The Balaban J connectivity index is 3.12. The van der Waals surface area contributed by atoms with Gasteiger partial charge in [-0.25, -0.2) is 0 Å². The van der Waals surface area contributed by atoms with E-state index in [1.165, 1.54) is 0 Å². The van der Waals surface area contributed by atoms with Gasteiger partial charge in [-0.05, 0) is 24.1 Å². The zero-order chi connectivity index (χ0) is 8.27. The first-order chi connectivity index (χ1) is 5.27. The molecule has 11 heavy (non-hydrogen) atoms. The lowest BCUT2D eigenvalue weighted by Crippen LogP contribution is -1.92. The molecular weight excluding hydrogens is 138 g/mol. The monoisotopic (exact) mass is 149 g/mol. The Bertz CT molecular complexity index is 268. The second-order valence-electron chi connectivity index (χ2n) is 2.39. The number of hydrogen-bond acceptors (Lipinski definition) is 2. The molecule has 0 aromatic heterocycles. The fraction of sp³-hybridized carbons (Fsp3) is 0.111. The molecule has 0 aliphatic rings. The molecule has 0 atom stereocenters. The molecule has 0 aliphatic heterocycles. The summed E-state index contributed by atoms with van der Waals surface area (Å²) < 4.78 is 0. The average Bonchev–Trinajstić information content (AvgIpc) is 2.05. The van der Waals surface area contributed by atoms with Gasteiger partial charge in [0.05, 0.1) is 5.69 Å². The van der Waals surface area contributed by atoms with Gasteiger partial charge in [-0.15, -0.1) is 0 Å². The van der Waals surface area contributed by atoms with Crippen LogP contribution in [0, 0.1) is 6.92 Å². The lowest BCUT2D eigenvalue weighted by atomic mass is 10.1. The smallest absolute Gasteiger partial charge is 0.0637 e. The van der Waals surface area contributed by atoms with Gasteiger partial charge >= 0.3 is 0 Å². The Kier molecular flexibility index (Phi) is 2.28. The molecule has 1 aromatic rings. The molecule has 0 radical (unpaired) electrons. The molecule has 0 unspecified atom stereocenters. The number of aryl methyl sites for hydroxylation is 1. The molecule has 58 valence electrons. The Labute approximate surface area is 66.1 Å². The van der Waals surface area contributed by atoms with Crippen molar-refractivity contribution in [1.29, 1.82) is 0 Å². The Morgan fingerprint density at radius 3 is 2.82 bits per heavy atom. The highest BCUT2D eigenvalue weighted by Gasteiger charge is 1.95. The van der Waals surface area contributed by atoms with Crippen LogP contribution in [0.3, 0.4) is 0 Å². The molecule has 0 fully saturated rings. The summed E-state index contributed by atoms with van der Waals surface area (Å²) in [5.74, 6) is 0. The van der Waals surface area contributed by atoms with Crippen molar-refractivity contribution in [1.82, 2.24) is 0 Å². The van der Waals surface area contributed by atoms with Gasteiger partial charge in [-0.1, -0.05) is 24.8 Å². The second-order valence-corrected chi connectivity index (χ2v) is 2.39. The van der Waals surface area contributed by atoms with E-state index in [9.17, 15) is 0 Å². The molecule has 0 bridgehead atoms. The van der Waals surface area contributed by atoms with Gasteiger partial charge < -0.3 is 0 Å². The molecule has 0 spiro atoms. The van der Waals surface area contributed by atoms with E-state index < -0.39 is 0 Å². The molecule has 0 saturated heterocycles. The van der Waals surface area contributed by atoms with Crippen LogP contribution in [0.2, 0.25) is 0 Å². The van der Waals surface area contributed by atoms with Gasteiger partial charge in [0, 0.05) is 0 Å². The predicted octanol–water partition coefficient (Wildman–Crippen LogP) is 2.44. The predicted molar refractivity (Wildman–Crippen MR) is 46.7 cm³/mol. The summed E-state index contributed by atoms with van der Waals surface area (Å²) in [6, 6.07) is 5.71. The van der Waals surface area contributed by atoms with E-state index in [0.29, 0.717) is 0 Å². The van der Waals surface area contributed by atoms with Crippen LogP contribution in [0.5, 0.6) is 0 Å². The maximum absolute atomic E-state index is 8.65. The van der Waals surface area contributed by atoms with Crippen molar-refractivity contribution < 1.29 is 5.21 Å². The van der Waals surface area contributed by atoms with E-state index in [4.69, 9.17) is 5.21 Å². The topological polar surface area (TPSA) is 32.3 Å². The summed E-state index contributed by atoms with van der Waals surface area (Å²) in [5, 5.41) is 8.65. The van der Waals surface area contributed by atoms with Crippen LogP contribution in [0.4, 0.5) is 5.69 Å². The highest BCUT2D eigenvalue weighted by atomic mass is 16.5. The molecule has 0 aliphatic carbocycles. The molecular formula is C9H11NO. The van der Waals surface area contributed by atoms with Crippen LogP contribution in [-0.4, -0.2) is 5.21 Å². The third-order valence-electron chi connectivity index (χ3n) is 1.62. The summed E-state index contributed by atoms with van der Waals surface area (Å²) in [5.41, 5.74) is 4.85. The Hall–Kier alpha value is -1.28. The molecule has 1 rings (SSSR count). The van der Waals surface area contributed by atoms with Crippen molar-refractivity contribution in [3.05, 3.63) is 35.9 Å². The maximum atomic E-state index is 8.65. The molecule has 2 heteroatoms. The van der Waals surface area contributed by atoms with E-state index in [1.807, 2.05) is 25.1 Å². The SMILES string of the molecule is C=Cc1ccc(C)c(NO)c1. The molecule has 0 amide bonds. The minimum atomic E-state index is 0.724. The first kappa shape index (κ1) is 7.82. The molecule has 2 nitrogen and oxygen atoms in total. The summed E-state index contributed by atoms with van der Waals surface area (Å²) in [4.78, 5) is 0. The summed E-state index contributed by atoms with van der Waals surface area (Å²) in [6.45, 7) is 5.55. The zero-order valence-electron chi connectivity index (χ0n) is 6.46. The number of hydrogen-bond donors (Lipinski definition) is 2. The van der Waals surface area contributed by atoms with E-state index in [0.717, 1.165) is 16.8 Å². The standard InChI is InChI=1S/C9H11NO/c1-3-8-5-4-7(2)9(6-8)10-11/h3-6,10-11H,1H2,2H3. The molecule has 2 N–H and O–H groups in total. The van der Waals surface area contributed by atoms with Crippen LogP contribution in [0.1, 0.15) is 11.1 Å². The third-order valence-corrected chi connectivity index (χ3v) is 1.62. The fourth-order valence-corrected chi connectivity index (χ4v) is 0.887. The second kappa shape index (κ2) is 3.21. The lowest BCUT2D eigenvalue weighted by Gasteiger charge is -2.03. The van der Waals surface area contributed by atoms with Crippen molar-refractivity contribution in [2.75, 3.05) is 5.48 Å². The van der Waals surface area contributed by atoms with Gasteiger partial charge in [-0.2, -0.15) is 0 Å². The molecule has 0 saturated carbocycles. The zero-order valence-corrected chi connectivity index (χ0v) is 6.46. The van der Waals surface area contributed by atoms with Crippen LogP contribution < -0.4 is 5.48 Å². The minimum Gasteiger partial charge on any atom is -0.291 e. The summed E-state index contributed by atoms with van der Waals surface area (Å²) >= 11 is 0. The number of benzene rings is 1. The Morgan fingerprint density at radius 1 is 1.55 bits per heavy atom. The van der Waals surface area contributed by atoms with Crippen molar-refractivity contribution >= 4 is 11.8 Å². The highest BCUT2D eigenvalue weighted by molar-refractivity contribution is 5.58. The molecule has 1 aromatic carbocycles. The minimum absolute atomic E-state index is 0.724. The highest BCUT2D eigenvalue weighted by Crippen LogP contribution is 2.16. The fourth-order valence-electron chi connectivity index (χ4n) is 0.887. The third kappa shape index (κ3) is 1.59. The van der Waals surface area contributed by atoms with Gasteiger partial charge in [0.1, 0.15) is 0 Å². The van der Waals surface area contributed by atoms with Gasteiger partial charge in [0.25, 0.3) is 0 Å². The first-order valence-corrected chi connectivity index (χ1v) is 3.41. The van der Waals surface area contributed by atoms with Gasteiger partial charge in [-0.3, -0.25) is 10.7 Å². The van der Waals surface area contributed by atoms with E-state index >= 15 is 0 Å². The van der Waals surface area contributed by atoms with Crippen LogP contribution in [0.15, 0.2) is 24.8 Å². The van der Waals surface area contributed by atoms with Crippen LogP contribution in [-0.2, 0) is 0 Å². The van der Waals surface area contributed by atoms with Crippen molar-refractivity contribution in [3.8, 4) is 0 Å². The van der Waals surface area contributed by atoms with E-state index in [-0.39, 0.29) is 0 Å². The normalized spacial score (nSPS) is 9.27. The number of nitrogens with one attached hydrogen (secondary N) is 1. The van der Waals surface area contributed by atoms with Crippen LogP contribution in [0.25, 0.3) is 6.08 Å². The maximum Gasteiger partial charge on any atom is 0.0637 e. The average molecular weight is 149 g/mol. The summed E-state index contributed by atoms with van der Waals surface area (Å²) in [6.07, 6.45) is 1.74. The van der Waals surface area contributed by atoms with Crippen molar-refractivity contribution in [2.24, 2.45) is 0 Å². The first-order valence-electron chi connectivity index (χ1n) is 3.41. The number of rotatable bonds is 2. The lowest BCUT2D eigenvalue weighted by molar-refractivity contribution is 0.388. The van der Waals surface area contributed by atoms with Crippen LogP contribution >= 0.6 is 0 Å². The van der Waals surface area contributed by atoms with E-state index in [2.05, 4.69) is 12.1 Å².